The number of rotatable bonds is 9. The monoisotopic (exact) mass is 372 g/mol. The van der Waals surface area contributed by atoms with E-state index in [2.05, 4.69) is 5.32 Å². The van der Waals surface area contributed by atoms with Crippen molar-refractivity contribution in [1.82, 2.24) is 10.0 Å². The summed E-state index contributed by atoms with van der Waals surface area (Å²) >= 11 is 0. The van der Waals surface area contributed by atoms with Crippen molar-refractivity contribution in [1.29, 1.82) is 0 Å². The summed E-state index contributed by atoms with van der Waals surface area (Å²) in [5, 5.41) is 13.2. The molecule has 0 bridgehead atoms. The predicted octanol–water partition coefficient (Wildman–Crippen LogP) is -0.111. The maximum Gasteiger partial charge on any atom is 0.289 e. The van der Waals surface area contributed by atoms with Crippen LogP contribution in [0.15, 0.2) is 29.2 Å². The van der Waals surface area contributed by atoms with E-state index < -0.39 is 49.9 Å². The van der Waals surface area contributed by atoms with Crippen LogP contribution < -0.4 is 15.8 Å². The summed E-state index contributed by atoms with van der Waals surface area (Å²) in [5.74, 6) is -1.42. The van der Waals surface area contributed by atoms with Crippen LogP contribution in [0, 0.1) is 16.0 Å². The number of nitrogens with two attached hydrogens (primary N) is 1. The number of carbonyl (C=O) groups is 2. The lowest BCUT2D eigenvalue weighted by atomic mass is 10.0. The molecular formula is C14H20N4O6S. The van der Waals surface area contributed by atoms with E-state index in [1.807, 2.05) is 18.6 Å². The van der Waals surface area contributed by atoms with Gasteiger partial charge in [0.15, 0.2) is 4.90 Å². The molecule has 10 nitrogen and oxygen atoms in total. The maximum atomic E-state index is 12.2. The van der Waals surface area contributed by atoms with E-state index in [4.69, 9.17) is 5.73 Å². The van der Waals surface area contributed by atoms with Gasteiger partial charge in [-0.3, -0.25) is 19.7 Å². The first-order valence-corrected chi connectivity index (χ1v) is 8.84. The number of nitrogens with one attached hydrogen (secondary N) is 2. The van der Waals surface area contributed by atoms with E-state index in [1.54, 1.807) is 0 Å². The lowest BCUT2D eigenvalue weighted by Crippen LogP contribution is -2.48. The van der Waals surface area contributed by atoms with Crippen molar-refractivity contribution in [3.8, 4) is 0 Å². The van der Waals surface area contributed by atoms with E-state index in [-0.39, 0.29) is 5.92 Å². The van der Waals surface area contributed by atoms with E-state index in [1.165, 1.54) is 12.1 Å². The molecule has 138 valence electrons. The van der Waals surface area contributed by atoms with Crippen LogP contribution in [-0.4, -0.2) is 37.7 Å². The smallest absolute Gasteiger partial charge is 0.289 e. The van der Waals surface area contributed by atoms with Gasteiger partial charge in [-0.05, 0) is 18.4 Å². The van der Waals surface area contributed by atoms with Crippen LogP contribution >= 0.6 is 0 Å². The average Bonchev–Trinajstić information content (AvgIpc) is 2.52. The van der Waals surface area contributed by atoms with Crippen LogP contribution in [-0.2, 0) is 19.6 Å². The summed E-state index contributed by atoms with van der Waals surface area (Å²) in [6.45, 7) is 2.98. The first-order chi connectivity index (χ1) is 11.5. The molecule has 0 aliphatic rings. The fraction of sp³-hybridized carbons (Fsp3) is 0.429. The van der Waals surface area contributed by atoms with Crippen LogP contribution in [0.5, 0.6) is 0 Å². The number of amides is 2. The number of nitro benzene ring substituents is 1. The third-order valence-electron chi connectivity index (χ3n) is 3.16. The molecule has 2 amide bonds. The van der Waals surface area contributed by atoms with Gasteiger partial charge in [-0.25, -0.2) is 13.1 Å². The summed E-state index contributed by atoms with van der Waals surface area (Å²) in [6, 6.07) is 3.83. The number of nitrogens with zero attached hydrogens (tertiary/aromatic N) is 1. The first-order valence-electron chi connectivity index (χ1n) is 7.36. The zero-order valence-corrected chi connectivity index (χ0v) is 14.6. The van der Waals surface area contributed by atoms with E-state index >= 15 is 0 Å². The summed E-state index contributed by atoms with van der Waals surface area (Å²) in [5.41, 5.74) is 4.59. The summed E-state index contributed by atoms with van der Waals surface area (Å²) in [7, 11) is -4.28. The van der Waals surface area contributed by atoms with Crippen LogP contribution in [0.2, 0.25) is 0 Å². The van der Waals surface area contributed by atoms with Crippen molar-refractivity contribution in [3.05, 3.63) is 34.4 Å². The minimum absolute atomic E-state index is 0.0847. The molecule has 1 atom stereocenters. The van der Waals surface area contributed by atoms with Crippen molar-refractivity contribution < 1.29 is 22.9 Å². The molecule has 0 fully saturated rings. The van der Waals surface area contributed by atoms with Gasteiger partial charge in [0.25, 0.3) is 5.69 Å². The highest BCUT2D eigenvalue weighted by atomic mass is 32.2. The van der Waals surface area contributed by atoms with Gasteiger partial charge >= 0.3 is 0 Å². The number of primary amides is 1. The second-order valence-electron chi connectivity index (χ2n) is 5.70. The van der Waals surface area contributed by atoms with E-state index in [0.29, 0.717) is 6.42 Å². The Morgan fingerprint density at radius 1 is 1.28 bits per heavy atom. The minimum atomic E-state index is -4.28. The number of benzene rings is 1. The highest BCUT2D eigenvalue weighted by molar-refractivity contribution is 7.89. The van der Waals surface area contributed by atoms with Gasteiger partial charge in [-0.2, -0.15) is 0 Å². The highest BCUT2D eigenvalue weighted by Gasteiger charge is 2.26. The lowest BCUT2D eigenvalue weighted by Gasteiger charge is -2.17. The van der Waals surface area contributed by atoms with Gasteiger partial charge in [-0.15, -0.1) is 0 Å². The van der Waals surface area contributed by atoms with Crippen LogP contribution in [0.4, 0.5) is 5.69 Å². The molecule has 0 aromatic heterocycles. The number of hydrogen-bond donors (Lipinski definition) is 3. The molecule has 0 aliphatic carbocycles. The second kappa shape index (κ2) is 8.53. The molecule has 1 unspecified atom stereocenters. The van der Waals surface area contributed by atoms with Crippen molar-refractivity contribution in [2.75, 3.05) is 6.54 Å². The molecule has 1 aromatic carbocycles. The standard InChI is InChI=1S/C14H20N4O6S/c1-9(2)7-10(14(15)20)17-13(19)8-16-25(23,24)12-6-4-3-5-11(12)18(21)22/h3-6,9-10,16H,7-8H2,1-2H3,(H2,15,20)(H,17,19). The van der Waals surface area contributed by atoms with Crippen molar-refractivity contribution in [3.63, 3.8) is 0 Å². The first kappa shape index (κ1) is 20.5. The second-order valence-corrected chi connectivity index (χ2v) is 7.44. The van der Waals surface area contributed by atoms with Crippen molar-refractivity contribution in [2.24, 2.45) is 11.7 Å². The summed E-state index contributed by atoms with van der Waals surface area (Å²) in [4.78, 5) is 32.7. The molecule has 0 aliphatic heterocycles. The molecule has 4 N–H and O–H groups in total. The molecule has 0 spiro atoms. The third-order valence-corrected chi connectivity index (χ3v) is 4.61. The Kier molecular flexibility index (Phi) is 7.00. The minimum Gasteiger partial charge on any atom is -0.368 e. The molecule has 0 saturated carbocycles. The van der Waals surface area contributed by atoms with Gasteiger partial charge in [-0.1, -0.05) is 26.0 Å². The Hall–Kier alpha value is -2.53. The molecular weight excluding hydrogens is 352 g/mol. The van der Waals surface area contributed by atoms with Crippen LogP contribution in [0.3, 0.4) is 0 Å². The molecule has 0 radical (unpaired) electrons. The van der Waals surface area contributed by atoms with Gasteiger partial charge in [0.05, 0.1) is 11.5 Å². The molecule has 1 rings (SSSR count). The summed E-state index contributed by atoms with van der Waals surface area (Å²) < 4.78 is 26.3. The van der Waals surface area contributed by atoms with Gasteiger partial charge in [0.1, 0.15) is 6.04 Å². The Labute approximate surface area is 145 Å². The Morgan fingerprint density at radius 3 is 2.40 bits per heavy atom. The Morgan fingerprint density at radius 2 is 1.88 bits per heavy atom. The lowest BCUT2D eigenvalue weighted by molar-refractivity contribution is -0.387. The number of nitro groups is 1. The topological polar surface area (TPSA) is 162 Å². The number of hydrogen-bond acceptors (Lipinski definition) is 6. The third kappa shape index (κ3) is 6.12. The molecule has 0 heterocycles. The van der Waals surface area contributed by atoms with Crippen LogP contribution in [0.25, 0.3) is 0 Å². The normalized spacial score (nSPS) is 12.6. The average molecular weight is 372 g/mol. The number of sulfonamides is 1. The number of para-hydroxylation sites is 1. The zero-order chi connectivity index (χ0) is 19.2. The molecule has 25 heavy (non-hydrogen) atoms. The molecule has 11 heteroatoms. The summed E-state index contributed by atoms with van der Waals surface area (Å²) in [6.07, 6.45) is 0.304. The maximum absolute atomic E-state index is 12.2. The highest BCUT2D eigenvalue weighted by Crippen LogP contribution is 2.22. The zero-order valence-electron chi connectivity index (χ0n) is 13.8. The van der Waals surface area contributed by atoms with E-state index in [9.17, 15) is 28.1 Å². The van der Waals surface area contributed by atoms with Gasteiger partial charge in [0, 0.05) is 6.07 Å². The number of carbonyl (C=O) groups excluding carboxylic acids is 2. The van der Waals surface area contributed by atoms with Crippen molar-refractivity contribution in [2.45, 2.75) is 31.2 Å². The predicted molar refractivity (Wildman–Crippen MR) is 88.9 cm³/mol. The van der Waals surface area contributed by atoms with Gasteiger partial charge in [0.2, 0.25) is 21.8 Å². The Bertz CT molecular complexity index is 762. The quantitative estimate of drug-likeness (QED) is 0.404. The molecule has 1 aromatic rings. The fourth-order valence-corrected chi connectivity index (χ4v) is 3.19. The van der Waals surface area contributed by atoms with Crippen LogP contribution in [0.1, 0.15) is 20.3 Å². The fourth-order valence-electron chi connectivity index (χ4n) is 2.04. The van der Waals surface area contributed by atoms with Crippen molar-refractivity contribution >= 4 is 27.5 Å². The van der Waals surface area contributed by atoms with E-state index in [0.717, 1.165) is 12.1 Å². The largest absolute Gasteiger partial charge is 0.368 e. The Balaban J connectivity index is 2.81. The van der Waals surface area contributed by atoms with Gasteiger partial charge < -0.3 is 11.1 Å². The molecule has 0 saturated heterocycles. The SMILES string of the molecule is CC(C)CC(NC(=O)CNS(=O)(=O)c1ccccc1[N+](=O)[O-])C(N)=O.